The van der Waals surface area contributed by atoms with Crippen molar-refractivity contribution in [3.63, 3.8) is 0 Å². The van der Waals surface area contributed by atoms with Gasteiger partial charge in [-0.2, -0.15) is 0 Å². The molecule has 6 heteroatoms. The molecule has 2 heterocycles. The number of ether oxygens (including phenoxy) is 2. The highest BCUT2D eigenvalue weighted by atomic mass is 16.5. The molecule has 270 valence electrons. The molecule has 6 fully saturated rings. The Hall–Kier alpha value is -2.12. The summed E-state index contributed by atoms with van der Waals surface area (Å²) in [7, 11) is 0. The van der Waals surface area contributed by atoms with E-state index in [1.54, 1.807) is 5.57 Å². The highest BCUT2D eigenvalue weighted by molar-refractivity contribution is 5.75. The summed E-state index contributed by atoms with van der Waals surface area (Å²) in [5.41, 5.74) is 4.83. The Kier molecular flexibility index (Phi) is 12.5. The third-order valence-corrected chi connectivity index (χ3v) is 13.0. The zero-order valence-electron chi connectivity index (χ0n) is 30.2. The number of hydrogen-bond acceptors (Lipinski definition) is 6. The second-order valence-electron chi connectivity index (χ2n) is 16.3. The van der Waals surface area contributed by atoms with Crippen molar-refractivity contribution in [2.24, 2.45) is 29.6 Å². The highest BCUT2D eigenvalue weighted by Crippen LogP contribution is 2.67. The van der Waals surface area contributed by atoms with Crippen LogP contribution in [0.4, 0.5) is 0 Å². The molecule has 5 atom stereocenters. The van der Waals surface area contributed by atoms with E-state index in [1.165, 1.54) is 76.4 Å². The number of aliphatic hydroxyl groups excluding tert-OH is 2. The first-order valence-electron chi connectivity index (χ1n) is 20.4. The lowest BCUT2D eigenvalue weighted by Crippen LogP contribution is -2.36. The van der Waals surface area contributed by atoms with E-state index < -0.39 is 0 Å². The first kappa shape index (κ1) is 35.3. The summed E-state index contributed by atoms with van der Waals surface area (Å²) in [6.45, 7) is 8.17. The van der Waals surface area contributed by atoms with Crippen LogP contribution in [0.5, 0.6) is 5.75 Å². The summed E-state index contributed by atoms with van der Waals surface area (Å²) in [6, 6.07) is 9.11. The van der Waals surface area contributed by atoms with Gasteiger partial charge in [-0.25, -0.2) is 0 Å². The monoisotopic (exact) mass is 672 g/mol. The van der Waals surface area contributed by atoms with E-state index in [1.807, 2.05) is 5.57 Å². The molecular formula is C43H64N2O4. The fourth-order valence-corrected chi connectivity index (χ4v) is 10.2. The molecule has 4 saturated carbocycles. The van der Waals surface area contributed by atoms with Crippen molar-refractivity contribution in [1.82, 2.24) is 9.80 Å². The molecule has 0 amide bonds. The van der Waals surface area contributed by atoms with Gasteiger partial charge in [0.1, 0.15) is 11.5 Å². The van der Waals surface area contributed by atoms with Crippen LogP contribution >= 0.6 is 0 Å². The molecule has 1 aromatic rings. The number of hydrogen-bond donors (Lipinski definition) is 2. The summed E-state index contributed by atoms with van der Waals surface area (Å²) in [5.74, 6) is 5.99. The number of piperidine rings is 2. The highest BCUT2D eigenvalue weighted by Gasteiger charge is 2.57. The molecule has 2 aliphatic heterocycles. The Morgan fingerprint density at radius 3 is 1.73 bits per heavy atom. The standard InChI is InChI=1S/C43H64N2O4/c46-36-17-23-44(24-18-36)21-5-1-3-7-27-48-38-13-9-32(10-14-38)42(43-40-30-34-29-35(40)31-41(34)43)33-11-15-39(16-12-33)49-28-8-4-2-6-22-45-25-19-37(47)20-26-45/h9-11,13-16,33-37,40-41,46-47H,1-8,12,17-31H2. The number of aliphatic hydroxyl groups is 2. The van der Waals surface area contributed by atoms with Crippen molar-refractivity contribution in [3.05, 3.63) is 59.4 Å². The van der Waals surface area contributed by atoms with E-state index in [4.69, 9.17) is 9.47 Å². The van der Waals surface area contributed by atoms with Gasteiger partial charge in [0.15, 0.2) is 0 Å². The Morgan fingerprint density at radius 2 is 1.20 bits per heavy atom. The summed E-state index contributed by atoms with van der Waals surface area (Å²) in [5, 5.41) is 19.4. The lowest BCUT2D eigenvalue weighted by Gasteiger charge is -2.29. The summed E-state index contributed by atoms with van der Waals surface area (Å²) < 4.78 is 12.4. The van der Waals surface area contributed by atoms with Gasteiger partial charge in [-0.05, 0) is 149 Å². The average Bonchev–Trinajstić information content (AvgIpc) is 3.89. The third kappa shape index (κ3) is 9.22. The Morgan fingerprint density at radius 1 is 0.653 bits per heavy atom. The summed E-state index contributed by atoms with van der Waals surface area (Å²) >= 11 is 0. The van der Waals surface area contributed by atoms with Crippen molar-refractivity contribution in [1.29, 1.82) is 0 Å². The van der Waals surface area contributed by atoms with Gasteiger partial charge in [0.25, 0.3) is 0 Å². The lowest BCUT2D eigenvalue weighted by atomic mass is 9.79. The van der Waals surface area contributed by atoms with Crippen LogP contribution in [0.1, 0.15) is 108 Å². The van der Waals surface area contributed by atoms with Crippen LogP contribution in [0.25, 0.3) is 5.57 Å². The van der Waals surface area contributed by atoms with E-state index in [2.05, 4.69) is 52.3 Å². The van der Waals surface area contributed by atoms with Crippen molar-refractivity contribution in [2.75, 3.05) is 52.5 Å². The van der Waals surface area contributed by atoms with Crippen molar-refractivity contribution >= 4 is 5.57 Å². The fraction of sp³-hybridized carbons (Fsp3) is 0.721. The number of nitrogens with zero attached hydrogens (tertiary/aromatic N) is 2. The van der Waals surface area contributed by atoms with Gasteiger partial charge in [0.2, 0.25) is 0 Å². The fourth-order valence-electron chi connectivity index (χ4n) is 10.2. The number of allylic oxidation sites excluding steroid dienone is 5. The van der Waals surface area contributed by atoms with E-state index in [0.29, 0.717) is 5.92 Å². The van der Waals surface area contributed by atoms with E-state index in [0.717, 1.165) is 120 Å². The predicted molar refractivity (Wildman–Crippen MR) is 198 cm³/mol. The minimum Gasteiger partial charge on any atom is -0.494 e. The zero-order valence-corrected chi connectivity index (χ0v) is 30.2. The maximum Gasteiger partial charge on any atom is 0.119 e. The Balaban J connectivity index is 0.846. The first-order chi connectivity index (χ1) is 24.1. The molecule has 8 rings (SSSR count). The SMILES string of the molecule is OC1CCN(CCCCCCOC2=CCC(C(=C3C4CC5CC4CC35)c3ccc(OCCCCCCN4CCC(O)CC4)cc3)C=C2)CC1. The minimum atomic E-state index is -0.0765. The van der Waals surface area contributed by atoms with Crippen LogP contribution in [0.2, 0.25) is 0 Å². The molecular weight excluding hydrogens is 608 g/mol. The van der Waals surface area contributed by atoms with Gasteiger partial charge in [0.05, 0.1) is 25.4 Å². The van der Waals surface area contributed by atoms with Crippen LogP contribution in [-0.2, 0) is 4.74 Å². The van der Waals surface area contributed by atoms with E-state index >= 15 is 0 Å². The maximum atomic E-state index is 9.71. The lowest BCUT2D eigenvalue weighted by molar-refractivity contribution is 0.0814. The van der Waals surface area contributed by atoms with Crippen LogP contribution in [0, 0.1) is 29.6 Å². The third-order valence-electron chi connectivity index (χ3n) is 13.0. The van der Waals surface area contributed by atoms with Gasteiger partial charge in [0, 0.05) is 32.1 Å². The van der Waals surface area contributed by atoms with Gasteiger partial charge in [-0.1, -0.05) is 49.5 Å². The second-order valence-corrected chi connectivity index (χ2v) is 16.3. The molecule has 4 bridgehead atoms. The minimum absolute atomic E-state index is 0.0751. The van der Waals surface area contributed by atoms with Gasteiger partial charge in [-0.3, -0.25) is 0 Å². The van der Waals surface area contributed by atoms with Crippen molar-refractivity contribution in [3.8, 4) is 5.75 Å². The molecule has 2 saturated heterocycles. The average molecular weight is 673 g/mol. The maximum absolute atomic E-state index is 9.71. The largest absolute Gasteiger partial charge is 0.494 e. The predicted octanol–water partition coefficient (Wildman–Crippen LogP) is 8.01. The summed E-state index contributed by atoms with van der Waals surface area (Å²) in [4.78, 5) is 5.02. The molecule has 0 radical (unpaired) electrons. The molecule has 1 aromatic carbocycles. The molecule has 2 N–H and O–H groups in total. The molecule has 0 aromatic heterocycles. The normalized spacial score (nSPS) is 28.9. The Labute approximate surface area is 296 Å². The van der Waals surface area contributed by atoms with Crippen molar-refractivity contribution in [2.45, 2.75) is 115 Å². The zero-order chi connectivity index (χ0) is 33.4. The van der Waals surface area contributed by atoms with Gasteiger partial charge < -0.3 is 29.5 Å². The van der Waals surface area contributed by atoms with Crippen LogP contribution in [0.15, 0.2) is 53.8 Å². The number of rotatable bonds is 18. The molecule has 7 aliphatic rings. The Bertz CT molecular complexity index is 1250. The van der Waals surface area contributed by atoms with Gasteiger partial charge in [-0.15, -0.1) is 0 Å². The molecule has 6 nitrogen and oxygen atoms in total. The smallest absolute Gasteiger partial charge is 0.119 e. The summed E-state index contributed by atoms with van der Waals surface area (Å²) in [6.07, 6.45) is 25.7. The number of likely N-dealkylation sites (tertiary alicyclic amines) is 2. The van der Waals surface area contributed by atoms with Crippen LogP contribution in [0.3, 0.4) is 0 Å². The second kappa shape index (κ2) is 17.4. The number of unbranched alkanes of at least 4 members (excludes halogenated alkanes) is 6. The van der Waals surface area contributed by atoms with E-state index in [-0.39, 0.29) is 12.2 Å². The molecule has 5 unspecified atom stereocenters. The van der Waals surface area contributed by atoms with E-state index in [9.17, 15) is 10.2 Å². The van der Waals surface area contributed by atoms with Crippen LogP contribution in [-0.4, -0.2) is 84.7 Å². The molecule has 0 spiro atoms. The number of benzene rings is 1. The molecule has 5 aliphatic carbocycles. The first-order valence-corrected chi connectivity index (χ1v) is 20.4. The van der Waals surface area contributed by atoms with Gasteiger partial charge >= 0.3 is 0 Å². The van der Waals surface area contributed by atoms with Crippen molar-refractivity contribution < 1.29 is 19.7 Å². The topological polar surface area (TPSA) is 65.4 Å². The molecule has 49 heavy (non-hydrogen) atoms. The van der Waals surface area contributed by atoms with Crippen LogP contribution < -0.4 is 4.74 Å². The quantitative estimate of drug-likeness (QED) is 0.154.